The molecule has 102 valence electrons. The Morgan fingerprint density at radius 3 is 3.11 bits per heavy atom. The largest absolute Gasteiger partial charge is 0.465 e. The lowest BCUT2D eigenvalue weighted by Crippen LogP contribution is -2.13. The average molecular weight is 253 g/mol. The van der Waals surface area contributed by atoms with E-state index in [1.54, 1.807) is 0 Å². The second-order valence-electron chi connectivity index (χ2n) is 4.72. The summed E-state index contributed by atoms with van der Waals surface area (Å²) in [6.07, 6.45) is 2.57. The second-order valence-corrected chi connectivity index (χ2v) is 4.72. The maximum Gasteiger partial charge on any atom is 0.118 e. The number of nitrogens with one attached hydrogen (secondary N) is 1. The molecule has 2 rings (SSSR count). The number of aryl methyl sites for hydroxylation is 1. The van der Waals surface area contributed by atoms with E-state index < -0.39 is 0 Å². The third kappa shape index (κ3) is 3.83. The van der Waals surface area contributed by atoms with Crippen molar-refractivity contribution in [2.24, 2.45) is 0 Å². The van der Waals surface area contributed by atoms with E-state index in [0.29, 0.717) is 19.3 Å². The molecule has 4 heteroatoms. The molecule has 0 amide bonds. The van der Waals surface area contributed by atoms with E-state index in [9.17, 15) is 0 Å². The third-order valence-corrected chi connectivity index (χ3v) is 3.21. The third-order valence-electron chi connectivity index (χ3n) is 3.21. The van der Waals surface area contributed by atoms with Crippen molar-refractivity contribution in [2.75, 3.05) is 19.8 Å². The van der Waals surface area contributed by atoms with E-state index in [-0.39, 0.29) is 0 Å². The number of rotatable bonds is 7. The Kier molecular flexibility index (Phi) is 5.23. The monoisotopic (exact) mass is 253 g/mol. The number of furan rings is 1. The minimum absolute atomic E-state index is 0.290. The smallest absolute Gasteiger partial charge is 0.118 e. The highest BCUT2D eigenvalue weighted by Crippen LogP contribution is 2.17. The highest BCUT2D eigenvalue weighted by atomic mass is 16.5. The fourth-order valence-electron chi connectivity index (χ4n) is 2.14. The van der Waals surface area contributed by atoms with Crippen LogP contribution in [0.1, 0.15) is 36.8 Å². The summed E-state index contributed by atoms with van der Waals surface area (Å²) in [5.74, 6) is 1.93. The highest BCUT2D eigenvalue weighted by Gasteiger charge is 2.16. The van der Waals surface area contributed by atoms with Crippen LogP contribution >= 0.6 is 0 Å². The van der Waals surface area contributed by atoms with Crippen LogP contribution in [0.2, 0.25) is 0 Å². The fraction of sp³-hybridized carbons (Fsp3) is 0.714. The summed E-state index contributed by atoms with van der Waals surface area (Å²) in [6, 6.07) is 2.08. The molecule has 1 unspecified atom stereocenters. The van der Waals surface area contributed by atoms with E-state index in [4.69, 9.17) is 13.9 Å². The van der Waals surface area contributed by atoms with Gasteiger partial charge >= 0.3 is 0 Å². The molecule has 1 aliphatic rings. The summed E-state index contributed by atoms with van der Waals surface area (Å²) < 4.78 is 16.9. The molecule has 0 aliphatic carbocycles. The van der Waals surface area contributed by atoms with E-state index in [1.165, 1.54) is 0 Å². The molecule has 1 aromatic rings. The van der Waals surface area contributed by atoms with Crippen molar-refractivity contribution in [3.63, 3.8) is 0 Å². The van der Waals surface area contributed by atoms with Crippen molar-refractivity contribution in [1.29, 1.82) is 0 Å². The first-order valence-corrected chi connectivity index (χ1v) is 6.78. The lowest BCUT2D eigenvalue weighted by molar-refractivity contribution is 0.0103. The van der Waals surface area contributed by atoms with Crippen molar-refractivity contribution >= 4 is 0 Å². The molecule has 1 atom stereocenters. The molecule has 1 aliphatic heterocycles. The lowest BCUT2D eigenvalue weighted by atomic mass is 10.2. The Hall–Kier alpha value is -0.840. The number of hydrogen-bond acceptors (Lipinski definition) is 4. The Bertz CT molecular complexity index is 356. The van der Waals surface area contributed by atoms with Crippen molar-refractivity contribution in [2.45, 2.75) is 45.9 Å². The minimum Gasteiger partial charge on any atom is -0.465 e. The van der Waals surface area contributed by atoms with Gasteiger partial charge in [0, 0.05) is 12.2 Å². The van der Waals surface area contributed by atoms with Gasteiger partial charge in [0.25, 0.3) is 0 Å². The zero-order valence-electron chi connectivity index (χ0n) is 11.3. The van der Waals surface area contributed by atoms with Gasteiger partial charge in [-0.3, -0.25) is 0 Å². The van der Waals surface area contributed by atoms with Crippen molar-refractivity contribution in [1.82, 2.24) is 5.32 Å². The highest BCUT2D eigenvalue weighted by molar-refractivity contribution is 5.19. The first kappa shape index (κ1) is 13.6. The van der Waals surface area contributed by atoms with Gasteiger partial charge in [0.15, 0.2) is 0 Å². The lowest BCUT2D eigenvalue weighted by Gasteiger charge is -2.09. The molecule has 4 nitrogen and oxygen atoms in total. The molecular formula is C14H23NO3. The zero-order chi connectivity index (χ0) is 12.8. The SMILES string of the molecule is CCNCc1cc(COCC2CCCO2)c(C)o1. The molecule has 0 bridgehead atoms. The van der Waals surface area contributed by atoms with Crippen LogP contribution < -0.4 is 5.32 Å². The summed E-state index contributed by atoms with van der Waals surface area (Å²) in [5.41, 5.74) is 1.14. The molecule has 1 fully saturated rings. The molecule has 0 spiro atoms. The minimum atomic E-state index is 0.290. The molecule has 18 heavy (non-hydrogen) atoms. The van der Waals surface area contributed by atoms with Crippen molar-refractivity contribution < 1.29 is 13.9 Å². The van der Waals surface area contributed by atoms with Gasteiger partial charge in [-0.2, -0.15) is 0 Å². The molecule has 1 aromatic heterocycles. The first-order valence-electron chi connectivity index (χ1n) is 6.78. The molecule has 0 saturated carbocycles. The van der Waals surface area contributed by atoms with Gasteiger partial charge in [-0.25, -0.2) is 0 Å². The van der Waals surface area contributed by atoms with Crippen LogP contribution in [-0.4, -0.2) is 25.9 Å². The fourth-order valence-corrected chi connectivity index (χ4v) is 2.14. The van der Waals surface area contributed by atoms with Gasteiger partial charge < -0.3 is 19.2 Å². The number of hydrogen-bond donors (Lipinski definition) is 1. The van der Waals surface area contributed by atoms with Crippen LogP contribution in [0.5, 0.6) is 0 Å². The van der Waals surface area contributed by atoms with Gasteiger partial charge in [0.2, 0.25) is 0 Å². The van der Waals surface area contributed by atoms with Crippen LogP contribution in [0.15, 0.2) is 10.5 Å². The molecule has 0 aromatic carbocycles. The van der Waals surface area contributed by atoms with Crippen molar-refractivity contribution in [3.05, 3.63) is 23.2 Å². The van der Waals surface area contributed by atoms with Crippen molar-refractivity contribution in [3.8, 4) is 0 Å². The second kappa shape index (κ2) is 6.92. The van der Waals surface area contributed by atoms with Gasteiger partial charge in [0.05, 0.1) is 25.9 Å². The Morgan fingerprint density at radius 2 is 2.39 bits per heavy atom. The summed E-state index contributed by atoms with van der Waals surface area (Å²) in [5, 5.41) is 3.25. The summed E-state index contributed by atoms with van der Waals surface area (Å²) in [7, 11) is 0. The average Bonchev–Trinajstić information content (AvgIpc) is 2.98. The molecule has 2 heterocycles. The van der Waals surface area contributed by atoms with Crippen LogP contribution in [0.3, 0.4) is 0 Å². The Labute approximate surface area is 109 Å². The predicted molar refractivity (Wildman–Crippen MR) is 69.5 cm³/mol. The maximum atomic E-state index is 5.70. The Morgan fingerprint density at radius 1 is 1.50 bits per heavy atom. The first-order chi connectivity index (χ1) is 8.79. The van der Waals surface area contributed by atoms with E-state index in [2.05, 4.69) is 18.3 Å². The maximum absolute atomic E-state index is 5.70. The van der Waals surface area contributed by atoms with Gasteiger partial charge in [0.1, 0.15) is 11.5 Å². The van der Waals surface area contributed by atoms with Crippen LogP contribution in [0.4, 0.5) is 0 Å². The van der Waals surface area contributed by atoms with Crippen LogP contribution in [0, 0.1) is 6.92 Å². The molecular weight excluding hydrogens is 230 g/mol. The van der Waals surface area contributed by atoms with Crippen LogP contribution in [0.25, 0.3) is 0 Å². The summed E-state index contributed by atoms with van der Waals surface area (Å²) in [6.45, 7) is 7.98. The molecule has 1 saturated heterocycles. The van der Waals surface area contributed by atoms with Gasteiger partial charge in [-0.05, 0) is 32.4 Å². The Balaban J connectivity index is 1.75. The number of ether oxygens (including phenoxy) is 2. The topological polar surface area (TPSA) is 43.6 Å². The molecule has 0 radical (unpaired) electrons. The van der Waals surface area contributed by atoms with E-state index in [1.807, 2.05) is 6.92 Å². The quantitative estimate of drug-likeness (QED) is 0.810. The van der Waals surface area contributed by atoms with Crippen LogP contribution in [-0.2, 0) is 22.6 Å². The van der Waals surface area contributed by atoms with Gasteiger partial charge in [-0.1, -0.05) is 6.92 Å². The van der Waals surface area contributed by atoms with Gasteiger partial charge in [-0.15, -0.1) is 0 Å². The summed E-state index contributed by atoms with van der Waals surface area (Å²) in [4.78, 5) is 0. The standard InChI is InChI=1S/C14H23NO3/c1-3-15-8-14-7-12(11(2)18-14)9-16-10-13-5-4-6-17-13/h7,13,15H,3-6,8-10H2,1-2H3. The normalized spacial score (nSPS) is 19.6. The zero-order valence-corrected chi connectivity index (χ0v) is 11.3. The predicted octanol–water partition coefficient (Wildman–Crippen LogP) is 2.39. The van der Waals surface area contributed by atoms with E-state index in [0.717, 1.165) is 49.6 Å². The molecule has 1 N–H and O–H groups in total. The summed E-state index contributed by atoms with van der Waals surface area (Å²) >= 11 is 0. The van der Waals surface area contributed by atoms with E-state index >= 15 is 0 Å².